The lowest BCUT2D eigenvalue weighted by Gasteiger charge is -2.28. The summed E-state index contributed by atoms with van der Waals surface area (Å²) in [6, 6.07) is 1.58. The quantitative estimate of drug-likeness (QED) is 0.614. The smallest absolute Gasteiger partial charge is 0.310 e. The van der Waals surface area contributed by atoms with Crippen LogP contribution in [0.5, 0.6) is 0 Å². The first kappa shape index (κ1) is 11.8. The zero-order valence-corrected chi connectivity index (χ0v) is 9.43. The van der Waals surface area contributed by atoms with Crippen molar-refractivity contribution in [3.05, 3.63) is 28.6 Å². The van der Waals surface area contributed by atoms with Crippen molar-refractivity contribution in [3.63, 3.8) is 0 Å². The van der Waals surface area contributed by atoms with Gasteiger partial charge in [0.2, 0.25) is 0 Å². The molecule has 0 saturated heterocycles. The molecule has 0 unspecified atom stereocenters. The van der Waals surface area contributed by atoms with E-state index in [-0.39, 0.29) is 12.3 Å². The van der Waals surface area contributed by atoms with Gasteiger partial charge in [0.1, 0.15) is 11.9 Å². The van der Waals surface area contributed by atoms with Crippen LogP contribution in [0.4, 0.5) is 11.4 Å². The highest BCUT2D eigenvalue weighted by molar-refractivity contribution is 5.61. The van der Waals surface area contributed by atoms with Crippen molar-refractivity contribution in [2.24, 2.45) is 0 Å². The molecule has 0 atom stereocenters. The van der Waals surface area contributed by atoms with Crippen LogP contribution in [0, 0.1) is 10.1 Å². The summed E-state index contributed by atoms with van der Waals surface area (Å²) in [5.74, 6) is 0. The Bertz CT molecular complexity index is 416. The number of aromatic nitrogens is 1. The van der Waals surface area contributed by atoms with Crippen molar-refractivity contribution in [3.8, 4) is 0 Å². The van der Waals surface area contributed by atoms with Crippen LogP contribution in [-0.4, -0.2) is 27.2 Å². The Kier molecular flexibility index (Phi) is 3.23. The fraction of sp³-hybridized carbons (Fsp3) is 0.545. The van der Waals surface area contributed by atoms with Crippen LogP contribution >= 0.6 is 0 Å². The lowest BCUT2D eigenvalue weighted by atomic mass is 9.98. The van der Waals surface area contributed by atoms with Gasteiger partial charge in [-0.3, -0.25) is 15.1 Å². The highest BCUT2D eigenvalue weighted by Gasteiger charge is 2.34. The maximum atomic E-state index is 10.9. The topological polar surface area (TPSA) is 88.3 Å². The number of rotatable bonds is 4. The standard InChI is InChI=1S/C11H15N3O3/c15-8-11(4-1-2-5-11)13-9-3-6-12-7-10(9)14(16)17/h3,6-7,15H,1-2,4-5,8H2,(H,12,13). The maximum Gasteiger partial charge on any atom is 0.310 e. The number of nitrogens with one attached hydrogen (secondary N) is 1. The predicted octanol–water partition coefficient (Wildman–Crippen LogP) is 1.71. The summed E-state index contributed by atoms with van der Waals surface area (Å²) in [4.78, 5) is 14.1. The van der Waals surface area contributed by atoms with Crippen molar-refractivity contribution in [2.45, 2.75) is 31.2 Å². The van der Waals surface area contributed by atoms with E-state index in [1.54, 1.807) is 6.07 Å². The minimum atomic E-state index is -0.463. The summed E-state index contributed by atoms with van der Waals surface area (Å²) >= 11 is 0. The normalized spacial score (nSPS) is 17.9. The average Bonchev–Trinajstić information content (AvgIpc) is 2.79. The molecule has 0 bridgehead atoms. The van der Waals surface area contributed by atoms with Crippen molar-refractivity contribution < 1.29 is 10.0 Å². The zero-order chi connectivity index (χ0) is 12.3. The van der Waals surface area contributed by atoms with Gasteiger partial charge in [0.25, 0.3) is 0 Å². The van der Waals surface area contributed by atoms with E-state index in [0.717, 1.165) is 25.7 Å². The SMILES string of the molecule is O=[N+]([O-])c1cnccc1NC1(CO)CCCC1. The number of aliphatic hydroxyl groups excluding tert-OH is 1. The molecule has 92 valence electrons. The van der Waals surface area contributed by atoms with E-state index < -0.39 is 10.5 Å². The van der Waals surface area contributed by atoms with E-state index in [4.69, 9.17) is 0 Å². The van der Waals surface area contributed by atoms with E-state index >= 15 is 0 Å². The first-order valence-electron chi connectivity index (χ1n) is 5.64. The molecule has 1 fully saturated rings. The number of anilines is 1. The van der Waals surface area contributed by atoms with Gasteiger partial charge in [0, 0.05) is 6.20 Å². The molecule has 0 radical (unpaired) electrons. The number of hydrogen-bond donors (Lipinski definition) is 2. The third-order valence-corrected chi connectivity index (χ3v) is 3.26. The van der Waals surface area contributed by atoms with E-state index in [1.165, 1.54) is 12.4 Å². The van der Waals surface area contributed by atoms with Crippen LogP contribution in [-0.2, 0) is 0 Å². The van der Waals surface area contributed by atoms with Gasteiger partial charge in [0.05, 0.1) is 17.1 Å². The maximum absolute atomic E-state index is 10.9. The molecule has 0 aromatic carbocycles. The Morgan fingerprint density at radius 2 is 2.24 bits per heavy atom. The van der Waals surface area contributed by atoms with Gasteiger partial charge in [-0.15, -0.1) is 0 Å². The molecule has 6 nitrogen and oxygen atoms in total. The Balaban J connectivity index is 2.26. The van der Waals surface area contributed by atoms with Gasteiger partial charge < -0.3 is 10.4 Å². The highest BCUT2D eigenvalue weighted by Crippen LogP contribution is 2.35. The predicted molar refractivity (Wildman–Crippen MR) is 62.8 cm³/mol. The van der Waals surface area contributed by atoms with Gasteiger partial charge >= 0.3 is 5.69 Å². The van der Waals surface area contributed by atoms with Gasteiger partial charge in [-0.2, -0.15) is 0 Å². The van der Waals surface area contributed by atoms with Crippen LogP contribution in [0.25, 0.3) is 0 Å². The van der Waals surface area contributed by atoms with Crippen LogP contribution < -0.4 is 5.32 Å². The van der Waals surface area contributed by atoms with Crippen LogP contribution in [0.2, 0.25) is 0 Å². The van der Waals surface area contributed by atoms with Gasteiger partial charge in [-0.25, -0.2) is 0 Å². The van der Waals surface area contributed by atoms with Crippen LogP contribution in [0.3, 0.4) is 0 Å². The second-order valence-corrected chi connectivity index (χ2v) is 4.42. The second-order valence-electron chi connectivity index (χ2n) is 4.42. The first-order chi connectivity index (χ1) is 8.17. The van der Waals surface area contributed by atoms with E-state index in [9.17, 15) is 15.2 Å². The highest BCUT2D eigenvalue weighted by atomic mass is 16.6. The Labute approximate surface area is 98.8 Å². The molecule has 1 aromatic heterocycles. The molecule has 2 rings (SSSR count). The molecular formula is C11H15N3O3. The summed E-state index contributed by atoms with van der Waals surface area (Å²) in [5, 5.41) is 23.4. The Hall–Kier alpha value is -1.69. The summed E-state index contributed by atoms with van der Waals surface area (Å²) in [6.07, 6.45) is 6.47. The van der Waals surface area contributed by atoms with Crippen molar-refractivity contribution in [1.29, 1.82) is 0 Å². The summed E-state index contributed by atoms with van der Waals surface area (Å²) < 4.78 is 0. The second kappa shape index (κ2) is 4.67. The Morgan fingerprint density at radius 3 is 2.82 bits per heavy atom. The third-order valence-electron chi connectivity index (χ3n) is 3.26. The molecule has 0 aliphatic heterocycles. The molecule has 1 aliphatic carbocycles. The summed E-state index contributed by atoms with van der Waals surface area (Å²) in [5.41, 5.74) is -0.0280. The van der Waals surface area contributed by atoms with Gasteiger partial charge in [-0.05, 0) is 18.9 Å². The monoisotopic (exact) mass is 237 g/mol. The molecule has 1 aromatic rings. The molecule has 2 N–H and O–H groups in total. The lowest BCUT2D eigenvalue weighted by molar-refractivity contribution is -0.384. The van der Waals surface area contributed by atoms with Crippen LogP contribution in [0.1, 0.15) is 25.7 Å². The number of nitrogens with zero attached hydrogens (tertiary/aromatic N) is 2. The van der Waals surface area contributed by atoms with Crippen LogP contribution in [0.15, 0.2) is 18.5 Å². The fourth-order valence-corrected chi connectivity index (χ4v) is 2.30. The number of nitro groups is 1. The first-order valence-corrected chi connectivity index (χ1v) is 5.64. The molecule has 17 heavy (non-hydrogen) atoms. The minimum absolute atomic E-state index is 0.00746. The Morgan fingerprint density at radius 1 is 1.53 bits per heavy atom. The third kappa shape index (κ3) is 2.36. The molecular weight excluding hydrogens is 222 g/mol. The fourth-order valence-electron chi connectivity index (χ4n) is 2.30. The van der Waals surface area contributed by atoms with Crippen molar-refractivity contribution in [1.82, 2.24) is 4.98 Å². The lowest BCUT2D eigenvalue weighted by Crippen LogP contribution is -2.39. The largest absolute Gasteiger partial charge is 0.394 e. The molecule has 1 heterocycles. The van der Waals surface area contributed by atoms with Crippen molar-refractivity contribution >= 4 is 11.4 Å². The van der Waals surface area contributed by atoms with Gasteiger partial charge in [0.15, 0.2) is 0 Å². The minimum Gasteiger partial charge on any atom is -0.394 e. The van der Waals surface area contributed by atoms with E-state index in [0.29, 0.717) is 5.69 Å². The van der Waals surface area contributed by atoms with Crippen molar-refractivity contribution in [2.75, 3.05) is 11.9 Å². The average molecular weight is 237 g/mol. The molecule has 0 spiro atoms. The summed E-state index contributed by atoms with van der Waals surface area (Å²) in [6.45, 7) is -0.00746. The molecule has 1 aliphatic rings. The van der Waals surface area contributed by atoms with Gasteiger partial charge in [-0.1, -0.05) is 12.8 Å². The molecule has 1 saturated carbocycles. The molecule has 6 heteroatoms. The number of pyridine rings is 1. The number of hydrogen-bond acceptors (Lipinski definition) is 5. The number of aliphatic hydroxyl groups is 1. The van der Waals surface area contributed by atoms with E-state index in [2.05, 4.69) is 10.3 Å². The van der Waals surface area contributed by atoms with E-state index in [1.807, 2.05) is 0 Å². The zero-order valence-electron chi connectivity index (χ0n) is 9.43. The molecule has 0 amide bonds. The summed E-state index contributed by atoms with van der Waals surface area (Å²) in [7, 11) is 0.